The summed E-state index contributed by atoms with van der Waals surface area (Å²) in [5, 5.41) is 9.75. The molecule has 3 aliphatic heterocycles. The molecule has 0 aliphatic carbocycles. The van der Waals surface area contributed by atoms with Gasteiger partial charge in [0.15, 0.2) is 11.6 Å². The predicted molar refractivity (Wildman–Crippen MR) is 122 cm³/mol. The molecule has 2 fully saturated rings. The fourth-order valence-corrected chi connectivity index (χ4v) is 5.47. The summed E-state index contributed by atoms with van der Waals surface area (Å²) in [5.74, 6) is -0.548. The Balaban J connectivity index is 1.26. The summed E-state index contributed by atoms with van der Waals surface area (Å²) >= 11 is 1.35. The number of imide groups is 1. The number of hydrogen-bond acceptors (Lipinski definition) is 7. The van der Waals surface area contributed by atoms with Gasteiger partial charge in [0.1, 0.15) is 10.8 Å². The number of amidine groups is 1. The fourth-order valence-electron chi connectivity index (χ4n) is 4.48. The summed E-state index contributed by atoms with van der Waals surface area (Å²) in [5.41, 5.74) is 0.418. The maximum absolute atomic E-state index is 14.1. The molecule has 1 aromatic heterocycles. The first-order chi connectivity index (χ1) is 16.3. The summed E-state index contributed by atoms with van der Waals surface area (Å²) in [4.78, 5) is 46.3. The highest BCUT2D eigenvalue weighted by atomic mass is 32.1. The van der Waals surface area contributed by atoms with Crippen LogP contribution >= 0.6 is 11.3 Å². The van der Waals surface area contributed by atoms with Gasteiger partial charge in [-0.2, -0.15) is 0 Å². The number of halogens is 1. The number of likely N-dealkylation sites (tertiary alicyclic amines) is 1. The van der Waals surface area contributed by atoms with Crippen LogP contribution in [0.5, 0.6) is 0 Å². The van der Waals surface area contributed by atoms with Crippen molar-refractivity contribution in [2.45, 2.75) is 24.8 Å². The summed E-state index contributed by atoms with van der Waals surface area (Å²) in [6.07, 6.45) is 3.11. The average Bonchev–Trinajstić information content (AvgIpc) is 3.50. The molecule has 34 heavy (non-hydrogen) atoms. The highest BCUT2D eigenvalue weighted by molar-refractivity contribution is 7.14. The second kappa shape index (κ2) is 8.67. The monoisotopic (exact) mass is 484 g/mol. The first-order valence-electron chi connectivity index (χ1n) is 10.9. The number of aliphatic imine (C=N–C) groups is 1. The number of rotatable bonds is 4. The highest BCUT2D eigenvalue weighted by Crippen LogP contribution is 2.33. The third-order valence-corrected chi connectivity index (χ3v) is 7.50. The van der Waals surface area contributed by atoms with Crippen molar-refractivity contribution in [3.8, 4) is 10.6 Å². The molecule has 176 valence electrons. The van der Waals surface area contributed by atoms with Crippen molar-refractivity contribution in [2.75, 3.05) is 33.7 Å². The number of piperidine rings is 1. The molecule has 12 heteroatoms. The predicted octanol–water partition coefficient (Wildman–Crippen LogP) is 1.40. The van der Waals surface area contributed by atoms with Crippen LogP contribution in [-0.2, 0) is 9.59 Å². The minimum Gasteiger partial charge on any atom is -0.339 e. The number of benzene rings is 1. The van der Waals surface area contributed by atoms with E-state index in [9.17, 15) is 18.8 Å². The van der Waals surface area contributed by atoms with E-state index >= 15 is 0 Å². The van der Waals surface area contributed by atoms with Gasteiger partial charge in [0.25, 0.3) is 30.0 Å². The Morgan fingerprint density at radius 1 is 1.21 bits per heavy atom. The smallest absolute Gasteiger partial charge is 0.333 e. The first-order valence-corrected chi connectivity index (χ1v) is 11.7. The largest absolute Gasteiger partial charge is 0.339 e. The standard InChI is InChI=1S/C22H23FN7O3S/c1-27-18-17(21(32)28(2)22(27)33)30(12-24-18)11-16(31)29-9-5-6-13(10-29)19-25-26-20(34-19)14-7-3-4-8-15(14)23/h3-4,7-8,12-13,17H,5-6,9-11H2,1-2H3/q+1. The van der Waals surface area contributed by atoms with Crippen LogP contribution in [0.15, 0.2) is 29.3 Å². The second-order valence-corrected chi connectivity index (χ2v) is 9.53. The van der Waals surface area contributed by atoms with Gasteiger partial charge in [0, 0.05) is 38.7 Å². The zero-order valence-corrected chi connectivity index (χ0v) is 19.5. The molecular weight excluding hydrogens is 461 g/mol. The molecule has 0 N–H and O–H groups in total. The minimum absolute atomic E-state index is 0.0105. The Labute approximate surface area is 199 Å². The van der Waals surface area contributed by atoms with E-state index in [0.29, 0.717) is 29.5 Å². The lowest BCUT2D eigenvalue weighted by atomic mass is 9.99. The van der Waals surface area contributed by atoms with Crippen LogP contribution in [0.1, 0.15) is 23.8 Å². The Kier molecular flexibility index (Phi) is 5.68. The molecule has 2 atom stereocenters. The van der Waals surface area contributed by atoms with E-state index in [1.807, 2.05) is 0 Å². The summed E-state index contributed by atoms with van der Waals surface area (Å²) in [6.45, 7) is 1.05. The van der Waals surface area contributed by atoms with E-state index in [2.05, 4.69) is 15.2 Å². The van der Waals surface area contributed by atoms with Crippen LogP contribution in [0.3, 0.4) is 0 Å². The Bertz CT molecular complexity index is 1240. The number of likely N-dealkylation sites (N-methyl/N-ethyl adjacent to an activating group) is 2. The van der Waals surface area contributed by atoms with Gasteiger partial charge in [-0.25, -0.2) is 13.8 Å². The molecule has 2 unspecified atom stereocenters. The minimum atomic E-state index is -0.788. The van der Waals surface area contributed by atoms with Crippen LogP contribution < -0.4 is 0 Å². The molecule has 10 nitrogen and oxygen atoms in total. The van der Waals surface area contributed by atoms with Gasteiger partial charge in [-0.05, 0) is 30.0 Å². The Morgan fingerprint density at radius 3 is 2.79 bits per heavy atom. The zero-order chi connectivity index (χ0) is 24.0. The molecular formula is C22H23FN7O3S+. The van der Waals surface area contributed by atoms with E-state index < -0.39 is 18.0 Å². The zero-order valence-electron chi connectivity index (χ0n) is 18.7. The van der Waals surface area contributed by atoms with Gasteiger partial charge in [-0.15, -0.1) is 10.2 Å². The van der Waals surface area contributed by atoms with Crippen LogP contribution in [-0.4, -0.2) is 99.3 Å². The lowest BCUT2D eigenvalue weighted by molar-refractivity contribution is -0.520. The average molecular weight is 485 g/mol. The fraction of sp³-hybridized carbons (Fsp3) is 0.409. The SMILES string of the molecule is CN1C(=O)C2C(=NC=[N+]2CC(=O)N2CCCC(c3nnc(-c4ccccc4F)s3)C2)N(C)C1=O. The molecule has 0 spiro atoms. The van der Waals surface area contributed by atoms with Gasteiger partial charge in [-0.1, -0.05) is 23.5 Å². The normalized spacial score (nSPS) is 22.6. The summed E-state index contributed by atoms with van der Waals surface area (Å²) in [7, 11) is 2.98. The summed E-state index contributed by atoms with van der Waals surface area (Å²) in [6, 6.07) is 5.22. The number of carbonyl (C=O) groups excluding carboxylic acids is 3. The van der Waals surface area contributed by atoms with Crippen molar-refractivity contribution in [2.24, 2.45) is 4.99 Å². The quantitative estimate of drug-likeness (QED) is 0.611. The van der Waals surface area contributed by atoms with E-state index in [-0.39, 0.29) is 24.2 Å². The van der Waals surface area contributed by atoms with Gasteiger partial charge < -0.3 is 4.90 Å². The van der Waals surface area contributed by atoms with Gasteiger partial charge in [-0.3, -0.25) is 19.4 Å². The van der Waals surface area contributed by atoms with Crippen LogP contribution in [0.2, 0.25) is 0 Å². The maximum Gasteiger partial charge on any atom is 0.333 e. The van der Waals surface area contributed by atoms with Crippen molar-refractivity contribution in [1.82, 2.24) is 24.9 Å². The lowest BCUT2D eigenvalue weighted by Crippen LogP contribution is -2.62. The van der Waals surface area contributed by atoms with Crippen molar-refractivity contribution in [3.05, 3.63) is 35.1 Å². The van der Waals surface area contributed by atoms with Gasteiger partial charge in [0.05, 0.1) is 0 Å². The van der Waals surface area contributed by atoms with E-state index in [1.54, 1.807) is 34.7 Å². The van der Waals surface area contributed by atoms with E-state index in [4.69, 9.17) is 0 Å². The molecule has 4 heterocycles. The second-order valence-electron chi connectivity index (χ2n) is 8.52. The first kappa shape index (κ1) is 22.3. The van der Waals surface area contributed by atoms with Crippen LogP contribution in [0.4, 0.5) is 9.18 Å². The third-order valence-electron chi connectivity index (χ3n) is 6.38. The van der Waals surface area contributed by atoms with Crippen molar-refractivity contribution in [1.29, 1.82) is 0 Å². The van der Waals surface area contributed by atoms with E-state index in [1.165, 1.54) is 35.7 Å². The van der Waals surface area contributed by atoms with Crippen molar-refractivity contribution in [3.63, 3.8) is 0 Å². The van der Waals surface area contributed by atoms with E-state index in [0.717, 1.165) is 22.7 Å². The molecule has 4 amide bonds. The highest BCUT2D eigenvalue weighted by Gasteiger charge is 2.51. The number of amides is 4. The maximum atomic E-state index is 14.1. The number of aromatic nitrogens is 2. The topological polar surface area (TPSA) is 102 Å². The Hall–Kier alpha value is -3.54. The molecule has 1 aromatic carbocycles. The molecule has 0 saturated carbocycles. The number of carbonyl (C=O) groups is 3. The number of fused-ring (bicyclic) bond motifs is 1. The number of nitrogens with zero attached hydrogens (tertiary/aromatic N) is 7. The van der Waals surface area contributed by atoms with Crippen molar-refractivity contribution < 1.29 is 23.3 Å². The molecule has 2 saturated heterocycles. The molecule has 0 radical (unpaired) electrons. The summed E-state index contributed by atoms with van der Waals surface area (Å²) < 4.78 is 15.7. The number of urea groups is 1. The van der Waals surface area contributed by atoms with Crippen LogP contribution in [0.25, 0.3) is 10.6 Å². The van der Waals surface area contributed by atoms with Gasteiger partial charge in [0.2, 0.25) is 0 Å². The van der Waals surface area contributed by atoms with Crippen LogP contribution in [0, 0.1) is 5.82 Å². The van der Waals surface area contributed by atoms with Gasteiger partial charge >= 0.3 is 6.03 Å². The molecule has 0 bridgehead atoms. The lowest BCUT2D eigenvalue weighted by Gasteiger charge is -2.33. The molecule has 2 aromatic rings. The Morgan fingerprint density at radius 2 is 2.00 bits per heavy atom. The number of hydrogen-bond donors (Lipinski definition) is 0. The molecule has 3 aliphatic rings. The third kappa shape index (κ3) is 3.77. The van der Waals surface area contributed by atoms with Crippen molar-refractivity contribution >= 4 is 41.4 Å². The molecule has 5 rings (SSSR count).